The predicted octanol–water partition coefficient (Wildman–Crippen LogP) is 2.80. The van der Waals surface area contributed by atoms with E-state index in [1.165, 1.54) is 25.3 Å². The molecule has 3 rings (SSSR count). The third-order valence-electron chi connectivity index (χ3n) is 3.22. The molecule has 6 heteroatoms. The molecule has 0 saturated heterocycles. The van der Waals surface area contributed by atoms with Crippen LogP contribution in [0, 0.1) is 16.8 Å². The molecule has 2 aromatic rings. The van der Waals surface area contributed by atoms with Gasteiger partial charge in [-0.2, -0.15) is 4.74 Å². The summed E-state index contributed by atoms with van der Waals surface area (Å²) in [7, 11) is 1.43. The first-order valence-electron chi connectivity index (χ1n) is 6.04. The quantitative estimate of drug-likeness (QED) is 0.631. The highest BCUT2D eigenvalue weighted by Gasteiger charge is 2.37. The van der Waals surface area contributed by atoms with E-state index in [4.69, 9.17) is 4.74 Å². The third-order valence-corrected chi connectivity index (χ3v) is 3.22. The molecule has 0 aromatic heterocycles. The van der Waals surface area contributed by atoms with E-state index in [-0.39, 0.29) is 22.5 Å². The first kappa shape index (κ1) is 13.2. The van der Waals surface area contributed by atoms with Crippen molar-refractivity contribution in [2.75, 3.05) is 7.11 Å². The van der Waals surface area contributed by atoms with Crippen LogP contribution in [0.2, 0.25) is 0 Å². The van der Waals surface area contributed by atoms with Crippen molar-refractivity contribution < 1.29 is 23.1 Å². The molecule has 4 nitrogen and oxygen atoms in total. The number of carbonyl (C=O) groups excluding carboxylic acids is 1. The summed E-state index contributed by atoms with van der Waals surface area (Å²) in [6.45, 7) is 0. The SMILES string of the molecule is COc1ccc2c(c1)C(=O)C(c1cc(F)cc(F)c1)=[N+]2[O-]. The average molecular weight is 289 g/mol. The topological polar surface area (TPSA) is 52.4 Å². The summed E-state index contributed by atoms with van der Waals surface area (Å²) >= 11 is 0. The molecule has 0 bridgehead atoms. The molecule has 0 aliphatic carbocycles. The van der Waals surface area contributed by atoms with Gasteiger partial charge >= 0.3 is 0 Å². The van der Waals surface area contributed by atoms with Crippen LogP contribution in [0.1, 0.15) is 15.9 Å². The fraction of sp³-hybridized carbons (Fsp3) is 0.0667. The molecule has 106 valence electrons. The van der Waals surface area contributed by atoms with Crippen LogP contribution in [0.4, 0.5) is 14.5 Å². The first-order chi connectivity index (χ1) is 10.0. The van der Waals surface area contributed by atoms with Gasteiger partial charge in [0.05, 0.1) is 12.7 Å². The summed E-state index contributed by atoms with van der Waals surface area (Å²) in [4.78, 5) is 12.3. The first-order valence-corrected chi connectivity index (χ1v) is 6.04. The number of ether oxygens (including phenoxy) is 1. The second kappa shape index (κ2) is 4.66. The van der Waals surface area contributed by atoms with E-state index in [1.807, 2.05) is 0 Å². The van der Waals surface area contributed by atoms with E-state index in [1.54, 1.807) is 0 Å². The van der Waals surface area contributed by atoms with E-state index in [0.29, 0.717) is 16.6 Å². The number of rotatable bonds is 2. The minimum absolute atomic E-state index is 0.0948. The number of fused-ring (bicyclic) bond motifs is 1. The molecule has 0 unspecified atom stereocenters. The zero-order valence-corrected chi connectivity index (χ0v) is 10.9. The predicted molar refractivity (Wildman–Crippen MR) is 71.1 cm³/mol. The van der Waals surface area contributed by atoms with Gasteiger partial charge in [-0.05, 0) is 24.3 Å². The van der Waals surface area contributed by atoms with Gasteiger partial charge in [0, 0.05) is 12.1 Å². The molecular weight excluding hydrogens is 280 g/mol. The Morgan fingerprint density at radius 3 is 2.38 bits per heavy atom. The number of carbonyl (C=O) groups is 1. The van der Waals surface area contributed by atoms with Crippen LogP contribution in [0.15, 0.2) is 36.4 Å². The molecule has 0 saturated carbocycles. The van der Waals surface area contributed by atoms with Gasteiger partial charge < -0.3 is 9.94 Å². The van der Waals surface area contributed by atoms with E-state index >= 15 is 0 Å². The fourth-order valence-corrected chi connectivity index (χ4v) is 2.28. The summed E-state index contributed by atoms with van der Waals surface area (Å²) in [5.74, 6) is -1.88. The number of Topliss-reactive ketones (excluding diaryl/α,β-unsaturated/α-hetero) is 1. The maximum Gasteiger partial charge on any atom is 0.273 e. The molecular formula is C15H9F2NO3. The number of hydrogen-bond acceptors (Lipinski definition) is 3. The molecule has 2 aromatic carbocycles. The minimum Gasteiger partial charge on any atom is -0.618 e. The van der Waals surface area contributed by atoms with Crippen molar-refractivity contribution in [2.24, 2.45) is 0 Å². The van der Waals surface area contributed by atoms with Crippen LogP contribution < -0.4 is 4.74 Å². The Labute approximate surface area is 118 Å². The highest BCUT2D eigenvalue weighted by Crippen LogP contribution is 2.31. The van der Waals surface area contributed by atoms with Crippen LogP contribution in [0.5, 0.6) is 5.75 Å². The Hall–Kier alpha value is -2.76. The third kappa shape index (κ3) is 2.05. The van der Waals surface area contributed by atoms with E-state index in [9.17, 15) is 18.8 Å². The lowest BCUT2D eigenvalue weighted by atomic mass is 10.0. The zero-order chi connectivity index (χ0) is 15.1. The number of halogens is 2. The number of hydrogen-bond donors (Lipinski definition) is 0. The number of methoxy groups -OCH3 is 1. The van der Waals surface area contributed by atoms with Crippen molar-refractivity contribution in [3.05, 3.63) is 64.4 Å². The highest BCUT2D eigenvalue weighted by atomic mass is 19.1. The second-order valence-electron chi connectivity index (χ2n) is 4.51. The zero-order valence-electron chi connectivity index (χ0n) is 10.9. The molecule has 0 amide bonds. The lowest BCUT2D eigenvalue weighted by Crippen LogP contribution is -2.17. The second-order valence-corrected chi connectivity index (χ2v) is 4.51. The molecule has 0 N–H and O–H groups in total. The van der Waals surface area contributed by atoms with Crippen molar-refractivity contribution >= 4 is 17.2 Å². The Balaban J connectivity index is 2.17. The Morgan fingerprint density at radius 1 is 1.10 bits per heavy atom. The maximum absolute atomic E-state index is 13.3. The lowest BCUT2D eigenvalue weighted by Gasteiger charge is -2.03. The normalized spacial score (nSPS) is 13.6. The standard InChI is InChI=1S/C15H9F2NO3/c1-21-11-2-3-13-12(7-11)15(19)14(18(13)20)8-4-9(16)6-10(17)5-8/h2-7H,1H3. The molecule has 0 fully saturated rings. The molecule has 1 aliphatic rings. The van der Waals surface area contributed by atoms with Gasteiger partial charge in [0.15, 0.2) is 0 Å². The summed E-state index contributed by atoms with van der Waals surface area (Å²) < 4.78 is 31.9. The van der Waals surface area contributed by atoms with E-state index in [0.717, 1.165) is 12.1 Å². The largest absolute Gasteiger partial charge is 0.618 e. The summed E-state index contributed by atoms with van der Waals surface area (Å²) in [6.07, 6.45) is 0. The molecule has 0 spiro atoms. The van der Waals surface area contributed by atoms with Gasteiger partial charge in [0.1, 0.15) is 22.9 Å². The van der Waals surface area contributed by atoms with Crippen molar-refractivity contribution in [1.29, 1.82) is 0 Å². The lowest BCUT2D eigenvalue weighted by molar-refractivity contribution is -0.355. The van der Waals surface area contributed by atoms with Gasteiger partial charge in [0.25, 0.3) is 11.5 Å². The average Bonchev–Trinajstić information content (AvgIpc) is 2.69. The van der Waals surface area contributed by atoms with Gasteiger partial charge in [0.2, 0.25) is 5.69 Å². The fourth-order valence-electron chi connectivity index (χ4n) is 2.28. The number of ketones is 1. The summed E-state index contributed by atoms with van der Waals surface area (Å²) in [5, 5.41) is 12.2. The van der Waals surface area contributed by atoms with Gasteiger partial charge in [-0.25, -0.2) is 8.78 Å². The Kier molecular flexibility index (Phi) is 2.94. The number of benzene rings is 2. The molecule has 1 aliphatic heterocycles. The molecule has 1 heterocycles. The van der Waals surface area contributed by atoms with Gasteiger partial charge in [-0.3, -0.25) is 4.79 Å². The highest BCUT2D eigenvalue weighted by molar-refractivity contribution is 6.52. The Morgan fingerprint density at radius 2 is 1.76 bits per heavy atom. The van der Waals surface area contributed by atoms with Gasteiger partial charge in [-0.15, -0.1) is 0 Å². The van der Waals surface area contributed by atoms with Crippen molar-refractivity contribution in [2.45, 2.75) is 0 Å². The van der Waals surface area contributed by atoms with Crippen molar-refractivity contribution in [3.63, 3.8) is 0 Å². The maximum atomic E-state index is 13.3. The summed E-state index contributed by atoms with van der Waals surface area (Å²) in [5.41, 5.74) is -0.135. The van der Waals surface area contributed by atoms with E-state index in [2.05, 4.69) is 0 Å². The molecule has 21 heavy (non-hydrogen) atoms. The molecule has 0 radical (unpaired) electrons. The Bertz CT molecular complexity index is 779. The van der Waals surface area contributed by atoms with Gasteiger partial charge in [-0.1, -0.05) is 0 Å². The number of nitrogens with zero attached hydrogens (tertiary/aromatic N) is 1. The molecule has 0 atom stereocenters. The van der Waals surface area contributed by atoms with Crippen molar-refractivity contribution in [3.8, 4) is 5.75 Å². The van der Waals surface area contributed by atoms with Crippen LogP contribution >= 0.6 is 0 Å². The van der Waals surface area contributed by atoms with Crippen LogP contribution in [0.25, 0.3) is 0 Å². The minimum atomic E-state index is -0.854. The van der Waals surface area contributed by atoms with Crippen LogP contribution in [-0.2, 0) is 0 Å². The van der Waals surface area contributed by atoms with Crippen LogP contribution in [0.3, 0.4) is 0 Å². The smallest absolute Gasteiger partial charge is 0.273 e. The van der Waals surface area contributed by atoms with Crippen molar-refractivity contribution in [1.82, 2.24) is 0 Å². The van der Waals surface area contributed by atoms with Crippen LogP contribution in [-0.4, -0.2) is 23.3 Å². The summed E-state index contributed by atoms with van der Waals surface area (Å²) in [6, 6.07) is 6.96. The van der Waals surface area contributed by atoms with E-state index < -0.39 is 17.4 Å². The monoisotopic (exact) mass is 289 g/mol.